The van der Waals surface area contributed by atoms with E-state index in [1.165, 1.54) is 6.26 Å². The van der Waals surface area contributed by atoms with E-state index in [0.717, 1.165) is 0 Å². The van der Waals surface area contributed by atoms with E-state index in [4.69, 9.17) is 11.0 Å². The molecule has 0 aromatic carbocycles. The van der Waals surface area contributed by atoms with E-state index < -0.39 is 11.2 Å². The molecule has 13 heavy (non-hydrogen) atoms. The van der Waals surface area contributed by atoms with Gasteiger partial charge in [0, 0.05) is 11.2 Å². The predicted molar refractivity (Wildman–Crippen MR) is 58.4 cm³/mol. The highest BCUT2D eigenvalue weighted by molar-refractivity contribution is 14.1. The number of hydrogen-bond acceptors (Lipinski definition) is 4. The van der Waals surface area contributed by atoms with Gasteiger partial charge in [-0.15, -0.1) is 0 Å². The molecule has 4 nitrogen and oxygen atoms in total. The monoisotopic (exact) mass is 307 g/mol. The van der Waals surface area contributed by atoms with E-state index in [1.807, 2.05) is 28.7 Å². The van der Waals surface area contributed by atoms with E-state index >= 15 is 0 Å². The van der Waals surface area contributed by atoms with Crippen LogP contribution in [0.2, 0.25) is 0 Å². The van der Waals surface area contributed by atoms with Gasteiger partial charge in [-0.05, 0) is 28.7 Å². The van der Waals surface area contributed by atoms with Crippen molar-refractivity contribution in [1.82, 2.24) is 4.98 Å². The molecule has 68 valence electrons. The number of nitrogens with two attached hydrogens (primary N) is 1. The third kappa shape index (κ3) is 2.24. The number of aromatic nitrogens is 1. The smallest absolute Gasteiger partial charge is 0.264 e. The summed E-state index contributed by atoms with van der Waals surface area (Å²) in [5.74, 6) is 0.310. The molecular formula is C7H6IN3OS. The minimum absolute atomic E-state index is 0.250. The van der Waals surface area contributed by atoms with Crippen LogP contribution < -0.4 is 5.73 Å². The maximum atomic E-state index is 11.1. The summed E-state index contributed by atoms with van der Waals surface area (Å²) in [6.07, 6.45) is 1.47. The molecule has 0 fully saturated rings. The Hall–Kier alpha value is -0.520. The Bertz CT molecular complexity index is 375. The van der Waals surface area contributed by atoms with Gasteiger partial charge in [0.25, 0.3) is 5.03 Å². The second kappa shape index (κ2) is 4.13. The van der Waals surface area contributed by atoms with Crippen LogP contribution in [0.4, 0.5) is 5.82 Å². The van der Waals surface area contributed by atoms with Gasteiger partial charge in [0.1, 0.15) is 23.7 Å². The molecule has 0 aliphatic rings. The lowest BCUT2D eigenvalue weighted by atomic mass is 10.3. The lowest BCUT2D eigenvalue weighted by Gasteiger charge is -2.06. The molecule has 1 aromatic rings. The van der Waals surface area contributed by atoms with E-state index in [9.17, 15) is 4.55 Å². The third-order valence-electron chi connectivity index (χ3n) is 1.36. The van der Waals surface area contributed by atoms with Crippen LogP contribution in [0.5, 0.6) is 0 Å². The minimum Gasteiger partial charge on any atom is -0.610 e. The predicted octanol–water partition coefficient (Wildman–Crippen LogP) is 0.877. The van der Waals surface area contributed by atoms with E-state index in [-0.39, 0.29) is 5.03 Å². The topological polar surface area (TPSA) is 85.8 Å². The van der Waals surface area contributed by atoms with Crippen molar-refractivity contribution < 1.29 is 4.55 Å². The van der Waals surface area contributed by atoms with Crippen LogP contribution in [0, 0.1) is 14.9 Å². The molecule has 1 aromatic heterocycles. The Balaban J connectivity index is 3.35. The maximum Gasteiger partial charge on any atom is 0.264 e. The summed E-state index contributed by atoms with van der Waals surface area (Å²) in [7, 11) is 0. The molecule has 0 amide bonds. The summed E-state index contributed by atoms with van der Waals surface area (Å²) in [6, 6.07) is 3.51. The normalized spacial score (nSPS) is 12.2. The Kier molecular flexibility index (Phi) is 3.35. The molecule has 0 aliphatic carbocycles. The fraction of sp³-hybridized carbons (Fsp3) is 0.143. The summed E-state index contributed by atoms with van der Waals surface area (Å²) < 4.78 is 11.8. The SMILES string of the molecule is C[S+]([O-])c1nc(N)c(I)cc1C#N. The van der Waals surface area contributed by atoms with Crippen molar-refractivity contribution in [3.63, 3.8) is 0 Å². The fourth-order valence-electron chi connectivity index (χ4n) is 0.785. The van der Waals surface area contributed by atoms with Crippen LogP contribution >= 0.6 is 22.6 Å². The van der Waals surface area contributed by atoms with Crippen LogP contribution in [0.15, 0.2) is 11.1 Å². The number of nitriles is 1. The number of pyridine rings is 1. The molecule has 0 aliphatic heterocycles. The second-order valence-corrected chi connectivity index (χ2v) is 4.73. The fourth-order valence-corrected chi connectivity index (χ4v) is 1.86. The van der Waals surface area contributed by atoms with Crippen molar-refractivity contribution in [3.8, 4) is 6.07 Å². The van der Waals surface area contributed by atoms with E-state index in [0.29, 0.717) is 15.0 Å². The van der Waals surface area contributed by atoms with Crippen LogP contribution in [-0.4, -0.2) is 15.8 Å². The molecule has 0 saturated carbocycles. The van der Waals surface area contributed by atoms with Crippen molar-refractivity contribution >= 4 is 39.6 Å². The number of halogens is 1. The summed E-state index contributed by atoms with van der Waals surface area (Å²) in [6.45, 7) is 0. The third-order valence-corrected chi connectivity index (χ3v) is 3.08. The first-order valence-corrected chi connectivity index (χ1v) is 5.89. The highest BCUT2D eigenvalue weighted by Crippen LogP contribution is 2.19. The van der Waals surface area contributed by atoms with Gasteiger partial charge in [-0.1, -0.05) is 0 Å². The zero-order chi connectivity index (χ0) is 10.0. The van der Waals surface area contributed by atoms with Gasteiger partial charge < -0.3 is 10.3 Å². The molecule has 1 unspecified atom stereocenters. The lowest BCUT2D eigenvalue weighted by molar-refractivity contribution is 0.597. The zero-order valence-electron chi connectivity index (χ0n) is 6.74. The van der Waals surface area contributed by atoms with E-state index in [1.54, 1.807) is 6.07 Å². The van der Waals surface area contributed by atoms with Gasteiger partial charge in [0.15, 0.2) is 0 Å². The molecule has 0 radical (unpaired) electrons. The number of anilines is 1. The summed E-state index contributed by atoms with van der Waals surface area (Å²) in [5, 5.41) is 8.96. The number of hydrogen-bond donors (Lipinski definition) is 1. The highest BCUT2D eigenvalue weighted by Gasteiger charge is 2.16. The van der Waals surface area contributed by atoms with Gasteiger partial charge in [-0.25, -0.2) is 0 Å². The van der Waals surface area contributed by atoms with Crippen molar-refractivity contribution in [3.05, 3.63) is 15.2 Å². The van der Waals surface area contributed by atoms with Gasteiger partial charge in [-0.2, -0.15) is 10.2 Å². The summed E-state index contributed by atoms with van der Waals surface area (Å²) in [5.41, 5.74) is 5.84. The van der Waals surface area contributed by atoms with Gasteiger partial charge in [-0.3, -0.25) is 0 Å². The Morgan fingerprint density at radius 1 is 1.77 bits per heavy atom. The van der Waals surface area contributed by atoms with Crippen LogP contribution in [0.25, 0.3) is 0 Å². The van der Waals surface area contributed by atoms with Crippen LogP contribution in [0.1, 0.15) is 5.56 Å². The second-order valence-electron chi connectivity index (χ2n) is 2.27. The highest BCUT2D eigenvalue weighted by atomic mass is 127. The summed E-state index contributed by atoms with van der Waals surface area (Å²) in [4.78, 5) is 3.89. The summed E-state index contributed by atoms with van der Waals surface area (Å²) >= 11 is 0.700. The lowest BCUT2D eigenvalue weighted by Crippen LogP contribution is -2.07. The Morgan fingerprint density at radius 2 is 2.38 bits per heavy atom. The molecule has 1 heterocycles. The van der Waals surface area contributed by atoms with E-state index in [2.05, 4.69) is 4.98 Å². The van der Waals surface area contributed by atoms with Crippen molar-refractivity contribution in [2.24, 2.45) is 0 Å². The first kappa shape index (κ1) is 10.6. The number of rotatable bonds is 1. The number of nitrogens with zero attached hydrogens (tertiary/aromatic N) is 2. The van der Waals surface area contributed by atoms with Gasteiger partial charge in [0.2, 0.25) is 0 Å². The molecule has 0 saturated heterocycles. The first-order chi connectivity index (χ1) is 6.06. The largest absolute Gasteiger partial charge is 0.610 e. The van der Waals surface area contributed by atoms with Crippen molar-refractivity contribution in [2.45, 2.75) is 5.03 Å². The maximum absolute atomic E-state index is 11.1. The van der Waals surface area contributed by atoms with Crippen LogP contribution in [-0.2, 0) is 11.2 Å². The van der Waals surface area contributed by atoms with Crippen molar-refractivity contribution in [1.29, 1.82) is 5.26 Å². The standard InChI is InChI=1S/C7H6IN3OS/c1-13(12)7-4(3-9)2-5(8)6(10)11-7/h2H,1H3,(H2,10,11). The zero-order valence-corrected chi connectivity index (χ0v) is 9.72. The molecule has 1 rings (SSSR count). The molecule has 1 atom stereocenters. The number of nitrogen functional groups attached to an aromatic ring is 1. The van der Waals surface area contributed by atoms with Gasteiger partial charge >= 0.3 is 0 Å². The van der Waals surface area contributed by atoms with Gasteiger partial charge in [0.05, 0.1) is 3.57 Å². The molecule has 2 N–H and O–H groups in total. The Labute approximate surface area is 92.5 Å². The Morgan fingerprint density at radius 3 is 2.85 bits per heavy atom. The molecule has 0 spiro atoms. The van der Waals surface area contributed by atoms with Crippen molar-refractivity contribution in [2.75, 3.05) is 12.0 Å². The average molecular weight is 307 g/mol. The average Bonchev–Trinajstić information content (AvgIpc) is 2.08. The first-order valence-electron chi connectivity index (χ1n) is 3.25. The molecule has 6 heteroatoms. The van der Waals surface area contributed by atoms with Crippen LogP contribution in [0.3, 0.4) is 0 Å². The molecular weight excluding hydrogens is 301 g/mol. The minimum atomic E-state index is -1.28. The molecule has 0 bridgehead atoms. The quantitative estimate of drug-likeness (QED) is 0.616.